The largest absolute Gasteiger partial charge is 0.346 e. The Morgan fingerprint density at radius 1 is 1.80 bits per heavy atom. The molecule has 1 saturated heterocycles. The van der Waals surface area contributed by atoms with Gasteiger partial charge in [-0.25, -0.2) is 4.98 Å². The van der Waals surface area contributed by atoms with Crippen molar-refractivity contribution in [1.29, 1.82) is 0 Å². The van der Waals surface area contributed by atoms with Crippen molar-refractivity contribution in [3.05, 3.63) is 16.6 Å². The predicted octanol–water partition coefficient (Wildman–Crippen LogP) is 1.07. The molecular formula is C10H15N3OS. The maximum Gasteiger partial charge on any atom is 0.237 e. The molecule has 0 aliphatic carbocycles. The summed E-state index contributed by atoms with van der Waals surface area (Å²) in [5, 5.41) is 9.03. The van der Waals surface area contributed by atoms with E-state index in [1.165, 1.54) is 0 Å². The molecule has 2 atom stereocenters. The Kier molecular flexibility index (Phi) is 3.33. The van der Waals surface area contributed by atoms with Crippen molar-refractivity contribution in [2.75, 3.05) is 6.54 Å². The lowest BCUT2D eigenvalue weighted by molar-refractivity contribution is -0.123. The van der Waals surface area contributed by atoms with Gasteiger partial charge in [-0.2, -0.15) is 0 Å². The number of thiazole rings is 1. The average Bonchev–Trinajstić information content (AvgIpc) is 2.91. The monoisotopic (exact) mass is 225 g/mol. The number of nitrogens with zero attached hydrogens (tertiary/aromatic N) is 1. The maximum absolute atomic E-state index is 11.8. The summed E-state index contributed by atoms with van der Waals surface area (Å²) in [4.78, 5) is 15.9. The number of amides is 1. The van der Waals surface area contributed by atoms with Crippen molar-refractivity contribution in [3.63, 3.8) is 0 Å². The summed E-state index contributed by atoms with van der Waals surface area (Å²) >= 11 is 1.57. The van der Waals surface area contributed by atoms with Crippen LogP contribution in [0.3, 0.4) is 0 Å². The second-order valence-corrected chi connectivity index (χ2v) is 4.68. The zero-order chi connectivity index (χ0) is 10.7. The minimum Gasteiger partial charge on any atom is -0.346 e. The maximum atomic E-state index is 11.8. The van der Waals surface area contributed by atoms with Crippen LogP contribution < -0.4 is 10.6 Å². The van der Waals surface area contributed by atoms with E-state index in [-0.39, 0.29) is 18.0 Å². The van der Waals surface area contributed by atoms with E-state index >= 15 is 0 Å². The Hall–Kier alpha value is -0.940. The van der Waals surface area contributed by atoms with E-state index < -0.39 is 0 Å². The minimum absolute atomic E-state index is 0.00703. The molecule has 4 nitrogen and oxygen atoms in total. The molecule has 0 radical (unpaired) electrons. The molecule has 1 aromatic rings. The number of carbonyl (C=O) groups is 1. The highest BCUT2D eigenvalue weighted by Crippen LogP contribution is 2.15. The Morgan fingerprint density at radius 3 is 3.27 bits per heavy atom. The van der Waals surface area contributed by atoms with Gasteiger partial charge in [0.25, 0.3) is 0 Å². The van der Waals surface area contributed by atoms with Gasteiger partial charge in [0.05, 0.1) is 12.1 Å². The van der Waals surface area contributed by atoms with E-state index in [1.807, 2.05) is 12.3 Å². The summed E-state index contributed by atoms with van der Waals surface area (Å²) in [5.41, 5.74) is 0. The molecule has 15 heavy (non-hydrogen) atoms. The van der Waals surface area contributed by atoms with Crippen LogP contribution in [0.25, 0.3) is 0 Å². The third-order valence-electron chi connectivity index (χ3n) is 2.56. The number of nitrogens with one attached hydrogen (secondary N) is 2. The van der Waals surface area contributed by atoms with Gasteiger partial charge in [-0.1, -0.05) is 0 Å². The van der Waals surface area contributed by atoms with E-state index in [0.717, 1.165) is 24.4 Å². The van der Waals surface area contributed by atoms with Crippen LogP contribution in [0.1, 0.15) is 30.8 Å². The van der Waals surface area contributed by atoms with Crippen molar-refractivity contribution in [3.8, 4) is 0 Å². The lowest BCUT2D eigenvalue weighted by atomic mass is 10.2. The van der Waals surface area contributed by atoms with Crippen LogP contribution in [0, 0.1) is 0 Å². The fraction of sp³-hybridized carbons (Fsp3) is 0.600. The Balaban J connectivity index is 1.88. The zero-order valence-corrected chi connectivity index (χ0v) is 9.51. The summed E-state index contributed by atoms with van der Waals surface area (Å²) in [5.74, 6) is 0.0928. The van der Waals surface area contributed by atoms with Crippen LogP contribution >= 0.6 is 11.3 Å². The number of carbonyl (C=O) groups excluding carboxylic acids is 1. The van der Waals surface area contributed by atoms with Gasteiger partial charge < -0.3 is 10.6 Å². The molecule has 1 amide bonds. The quantitative estimate of drug-likeness (QED) is 0.809. The second-order valence-electron chi connectivity index (χ2n) is 3.75. The van der Waals surface area contributed by atoms with Gasteiger partial charge in [-0.3, -0.25) is 4.79 Å². The molecule has 0 bridgehead atoms. The summed E-state index contributed by atoms with van der Waals surface area (Å²) in [6.45, 7) is 2.91. The Morgan fingerprint density at radius 2 is 2.67 bits per heavy atom. The molecule has 2 N–H and O–H groups in total. The molecule has 0 saturated carbocycles. The number of hydrogen-bond donors (Lipinski definition) is 2. The van der Waals surface area contributed by atoms with Crippen molar-refractivity contribution in [1.82, 2.24) is 15.6 Å². The molecule has 0 aromatic carbocycles. The van der Waals surface area contributed by atoms with Crippen LogP contribution in [0.15, 0.2) is 11.6 Å². The third kappa shape index (κ3) is 2.54. The van der Waals surface area contributed by atoms with Crippen molar-refractivity contribution in [2.45, 2.75) is 31.8 Å². The molecular weight excluding hydrogens is 210 g/mol. The Bertz CT molecular complexity index is 319. The van der Waals surface area contributed by atoms with Gasteiger partial charge in [0.2, 0.25) is 5.91 Å². The lowest BCUT2D eigenvalue weighted by Crippen LogP contribution is -2.41. The van der Waals surface area contributed by atoms with Gasteiger partial charge in [0.1, 0.15) is 5.01 Å². The van der Waals surface area contributed by atoms with E-state index in [1.54, 1.807) is 17.5 Å². The zero-order valence-electron chi connectivity index (χ0n) is 8.69. The number of hydrogen-bond acceptors (Lipinski definition) is 4. The van der Waals surface area contributed by atoms with Gasteiger partial charge in [-0.15, -0.1) is 11.3 Å². The smallest absolute Gasteiger partial charge is 0.237 e. The highest BCUT2D eigenvalue weighted by molar-refractivity contribution is 7.09. The molecule has 82 valence electrons. The van der Waals surface area contributed by atoms with Crippen LogP contribution in [0.5, 0.6) is 0 Å². The van der Waals surface area contributed by atoms with Crippen LogP contribution in [-0.4, -0.2) is 23.5 Å². The summed E-state index contributed by atoms with van der Waals surface area (Å²) in [7, 11) is 0. The molecule has 1 fully saturated rings. The van der Waals surface area contributed by atoms with Crippen molar-refractivity contribution >= 4 is 17.2 Å². The summed E-state index contributed by atoms with van der Waals surface area (Å²) in [6.07, 6.45) is 3.79. The third-order valence-corrected chi connectivity index (χ3v) is 3.52. The van der Waals surface area contributed by atoms with E-state index in [9.17, 15) is 4.79 Å². The van der Waals surface area contributed by atoms with Crippen LogP contribution in [-0.2, 0) is 4.79 Å². The van der Waals surface area contributed by atoms with Crippen molar-refractivity contribution < 1.29 is 4.79 Å². The number of aromatic nitrogens is 1. The summed E-state index contributed by atoms with van der Waals surface area (Å²) < 4.78 is 0. The normalized spacial score (nSPS) is 22.6. The predicted molar refractivity (Wildman–Crippen MR) is 59.7 cm³/mol. The van der Waals surface area contributed by atoms with Gasteiger partial charge in [0.15, 0.2) is 0 Å². The SMILES string of the molecule is CC(NC(=O)[C@@H]1CCCN1)c1nccs1. The topological polar surface area (TPSA) is 54.0 Å². The molecule has 1 unspecified atom stereocenters. The van der Waals surface area contributed by atoms with E-state index in [4.69, 9.17) is 0 Å². The lowest BCUT2D eigenvalue weighted by Gasteiger charge is -2.15. The molecule has 1 aromatic heterocycles. The van der Waals surface area contributed by atoms with Crippen LogP contribution in [0.2, 0.25) is 0 Å². The van der Waals surface area contributed by atoms with Gasteiger partial charge in [-0.05, 0) is 26.3 Å². The first-order valence-corrected chi connectivity index (χ1v) is 6.08. The fourth-order valence-corrected chi connectivity index (χ4v) is 2.38. The highest BCUT2D eigenvalue weighted by atomic mass is 32.1. The summed E-state index contributed by atoms with van der Waals surface area (Å²) in [6, 6.07) is 0.00677. The van der Waals surface area contributed by atoms with Gasteiger partial charge >= 0.3 is 0 Å². The number of rotatable bonds is 3. The first-order chi connectivity index (χ1) is 7.27. The highest BCUT2D eigenvalue weighted by Gasteiger charge is 2.23. The van der Waals surface area contributed by atoms with Crippen molar-refractivity contribution in [2.24, 2.45) is 0 Å². The first kappa shape index (κ1) is 10.6. The molecule has 0 spiro atoms. The van der Waals surface area contributed by atoms with Gasteiger partial charge in [0, 0.05) is 11.6 Å². The van der Waals surface area contributed by atoms with E-state index in [2.05, 4.69) is 15.6 Å². The standard InChI is InChI=1S/C10H15N3OS/c1-7(10-12-5-6-15-10)13-9(14)8-3-2-4-11-8/h5-8,11H,2-4H2,1H3,(H,13,14)/t7?,8-/m0/s1. The molecule has 1 aliphatic rings. The molecule has 1 aliphatic heterocycles. The molecule has 2 rings (SSSR count). The van der Waals surface area contributed by atoms with Crippen LogP contribution in [0.4, 0.5) is 0 Å². The van der Waals surface area contributed by atoms with E-state index in [0.29, 0.717) is 0 Å². The second kappa shape index (κ2) is 4.72. The fourth-order valence-electron chi connectivity index (χ4n) is 1.73. The molecule has 5 heteroatoms. The minimum atomic E-state index is -0.00703. The first-order valence-electron chi connectivity index (χ1n) is 5.20. The Labute approximate surface area is 93.1 Å². The average molecular weight is 225 g/mol. The molecule has 2 heterocycles.